The molecule has 4 atom stereocenters. The lowest BCUT2D eigenvalue weighted by Gasteiger charge is -2.33. The molecular formula is C20H30N2O. The minimum absolute atomic E-state index is 0.214. The Kier molecular flexibility index (Phi) is 6.55. The smallest absolute Gasteiger partial charge is 0.0822 e. The van der Waals surface area contributed by atoms with E-state index in [0.717, 1.165) is 42.1 Å². The number of hydrogen-bond donors (Lipinski definition) is 2. The van der Waals surface area contributed by atoms with E-state index in [9.17, 15) is 5.11 Å². The van der Waals surface area contributed by atoms with Gasteiger partial charge in [-0.05, 0) is 62.6 Å². The molecule has 0 radical (unpaired) electrons. The Morgan fingerprint density at radius 2 is 2.22 bits per heavy atom. The minimum Gasteiger partial charge on any atom is -0.388 e. The summed E-state index contributed by atoms with van der Waals surface area (Å²) in [6.45, 7) is 12.2. The number of piperidine rings is 1. The summed E-state index contributed by atoms with van der Waals surface area (Å²) in [5, 5.41) is 16.3. The van der Waals surface area contributed by atoms with Crippen LogP contribution in [-0.4, -0.2) is 23.2 Å². The molecule has 3 nitrogen and oxygen atoms in total. The van der Waals surface area contributed by atoms with E-state index in [1.807, 2.05) is 32.1 Å². The van der Waals surface area contributed by atoms with Gasteiger partial charge in [-0.3, -0.25) is 4.98 Å². The van der Waals surface area contributed by atoms with Gasteiger partial charge in [-0.15, -0.1) is 6.58 Å². The zero-order valence-corrected chi connectivity index (χ0v) is 14.6. The average molecular weight is 314 g/mol. The topological polar surface area (TPSA) is 45.1 Å². The SMILES string of the molecule is C=CC1CNCCC1CC(C)C(O)c1ccnc(=CC)c1=CC. The fraction of sp³-hybridized carbons (Fsp3) is 0.550. The Morgan fingerprint density at radius 1 is 1.43 bits per heavy atom. The second kappa shape index (κ2) is 8.42. The Bertz CT molecular complexity index is 638. The largest absolute Gasteiger partial charge is 0.388 e. The number of aliphatic hydroxyl groups is 1. The molecule has 1 aromatic heterocycles. The van der Waals surface area contributed by atoms with Gasteiger partial charge >= 0.3 is 0 Å². The third kappa shape index (κ3) is 4.10. The molecule has 4 unspecified atom stereocenters. The average Bonchev–Trinajstić information content (AvgIpc) is 2.60. The summed E-state index contributed by atoms with van der Waals surface area (Å²) in [7, 11) is 0. The van der Waals surface area contributed by atoms with Gasteiger partial charge in [-0.25, -0.2) is 0 Å². The van der Waals surface area contributed by atoms with E-state index in [2.05, 4.69) is 29.9 Å². The third-order valence-electron chi connectivity index (χ3n) is 5.13. The maximum absolute atomic E-state index is 10.9. The molecule has 0 aliphatic carbocycles. The van der Waals surface area contributed by atoms with Crippen molar-refractivity contribution in [3.63, 3.8) is 0 Å². The van der Waals surface area contributed by atoms with E-state index in [0.29, 0.717) is 11.8 Å². The van der Waals surface area contributed by atoms with E-state index < -0.39 is 6.10 Å². The summed E-state index contributed by atoms with van der Waals surface area (Å²) in [4.78, 5) is 4.39. The highest BCUT2D eigenvalue weighted by Crippen LogP contribution is 2.32. The number of nitrogens with one attached hydrogen (secondary N) is 1. The standard InChI is InChI=1S/C20H30N2O/c1-5-15-13-21-10-8-16(15)12-14(4)20(23)18-9-11-22-19(7-3)17(18)6-2/h5-7,9,11,14-16,20-21,23H,1,8,10,12-13H2,2-4H3. The van der Waals surface area contributed by atoms with Crippen LogP contribution in [0.3, 0.4) is 0 Å². The van der Waals surface area contributed by atoms with Crippen LogP contribution in [0.1, 0.15) is 45.3 Å². The van der Waals surface area contributed by atoms with E-state index in [1.165, 1.54) is 0 Å². The number of aromatic nitrogens is 1. The van der Waals surface area contributed by atoms with Gasteiger partial charge in [0.05, 0.1) is 11.5 Å². The van der Waals surface area contributed by atoms with Gasteiger partial charge < -0.3 is 10.4 Å². The summed E-state index contributed by atoms with van der Waals surface area (Å²) < 4.78 is 0. The summed E-state index contributed by atoms with van der Waals surface area (Å²) in [5.41, 5.74) is 0.993. The maximum atomic E-state index is 10.9. The summed E-state index contributed by atoms with van der Waals surface area (Å²) in [5.74, 6) is 1.32. The Balaban J connectivity index is 2.20. The summed E-state index contributed by atoms with van der Waals surface area (Å²) in [6.07, 6.45) is 9.63. The fourth-order valence-electron chi connectivity index (χ4n) is 3.73. The highest BCUT2D eigenvalue weighted by Gasteiger charge is 2.27. The molecule has 23 heavy (non-hydrogen) atoms. The number of aliphatic hydroxyl groups excluding tert-OH is 1. The normalized spacial score (nSPS) is 26.1. The molecule has 0 aromatic carbocycles. The van der Waals surface area contributed by atoms with Crippen molar-refractivity contribution in [2.45, 2.75) is 39.7 Å². The van der Waals surface area contributed by atoms with Crippen LogP contribution in [0, 0.1) is 17.8 Å². The van der Waals surface area contributed by atoms with Crippen LogP contribution in [-0.2, 0) is 0 Å². The Labute approximate surface area is 139 Å². The first-order valence-electron chi connectivity index (χ1n) is 8.71. The summed E-state index contributed by atoms with van der Waals surface area (Å²) >= 11 is 0. The van der Waals surface area contributed by atoms with Crippen molar-refractivity contribution in [2.75, 3.05) is 13.1 Å². The predicted octanol–water partition coefficient (Wildman–Crippen LogP) is 2.15. The second-order valence-electron chi connectivity index (χ2n) is 6.59. The fourth-order valence-corrected chi connectivity index (χ4v) is 3.73. The van der Waals surface area contributed by atoms with Crippen molar-refractivity contribution in [1.29, 1.82) is 0 Å². The highest BCUT2D eigenvalue weighted by molar-refractivity contribution is 5.32. The Hall–Kier alpha value is -1.45. The van der Waals surface area contributed by atoms with Gasteiger partial charge in [0.2, 0.25) is 0 Å². The molecule has 1 fully saturated rings. The maximum Gasteiger partial charge on any atom is 0.0822 e. The third-order valence-corrected chi connectivity index (χ3v) is 5.13. The first-order valence-corrected chi connectivity index (χ1v) is 8.71. The van der Waals surface area contributed by atoms with Crippen LogP contribution in [0.25, 0.3) is 12.2 Å². The molecule has 126 valence electrons. The molecule has 2 heterocycles. The summed E-state index contributed by atoms with van der Waals surface area (Å²) in [6, 6.07) is 1.96. The van der Waals surface area contributed by atoms with Gasteiger partial charge in [-0.1, -0.05) is 25.2 Å². The molecule has 0 saturated carbocycles. The quantitative estimate of drug-likeness (QED) is 0.819. The van der Waals surface area contributed by atoms with Crippen molar-refractivity contribution < 1.29 is 5.11 Å². The molecular weight excluding hydrogens is 284 g/mol. The van der Waals surface area contributed by atoms with Crippen molar-refractivity contribution in [1.82, 2.24) is 10.3 Å². The van der Waals surface area contributed by atoms with Crippen molar-refractivity contribution in [3.8, 4) is 0 Å². The van der Waals surface area contributed by atoms with Gasteiger partial charge in [0.15, 0.2) is 0 Å². The van der Waals surface area contributed by atoms with Crippen LogP contribution in [0.5, 0.6) is 0 Å². The van der Waals surface area contributed by atoms with Gasteiger partial charge in [-0.2, -0.15) is 0 Å². The molecule has 1 aliphatic heterocycles. The van der Waals surface area contributed by atoms with Crippen LogP contribution < -0.4 is 15.9 Å². The van der Waals surface area contributed by atoms with Crippen LogP contribution in [0.15, 0.2) is 24.9 Å². The lowest BCUT2D eigenvalue weighted by molar-refractivity contribution is 0.0908. The number of rotatable bonds is 5. The zero-order chi connectivity index (χ0) is 16.8. The predicted molar refractivity (Wildman–Crippen MR) is 97.2 cm³/mol. The first kappa shape index (κ1) is 17.9. The van der Waals surface area contributed by atoms with E-state index in [1.54, 1.807) is 6.20 Å². The molecule has 1 saturated heterocycles. The molecule has 3 heteroatoms. The molecule has 1 aromatic rings. The lowest BCUT2D eigenvalue weighted by Crippen LogP contribution is -2.37. The van der Waals surface area contributed by atoms with E-state index in [-0.39, 0.29) is 5.92 Å². The molecule has 0 bridgehead atoms. The number of nitrogens with zero attached hydrogens (tertiary/aromatic N) is 1. The first-order chi connectivity index (χ1) is 11.1. The Morgan fingerprint density at radius 3 is 2.87 bits per heavy atom. The molecule has 0 amide bonds. The van der Waals surface area contributed by atoms with Crippen molar-refractivity contribution in [2.24, 2.45) is 17.8 Å². The van der Waals surface area contributed by atoms with Crippen molar-refractivity contribution in [3.05, 3.63) is 41.0 Å². The van der Waals surface area contributed by atoms with E-state index in [4.69, 9.17) is 0 Å². The monoisotopic (exact) mass is 314 g/mol. The highest BCUT2D eigenvalue weighted by atomic mass is 16.3. The molecule has 2 N–H and O–H groups in total. The minimum atomic E-state index is -0.455. The zero-order valence-electron chi connectivity index (χ0n) is 14.6. The van der Waals surface area contributed by atoms with Crippen molar-refractivity contribution >= 4 is 12.2 Å². The molecule has 1 aliphatic rings. The van der Waals surface area contributed by atoms with Gasteiger partial charge in [0.1, 0.15) is 0 Å². The van der Waals surface area contributed by atoms with Gasteiger partial charge in [0, 0.05) is 18.0 Å². The second-order valence-corrected chi connectivity index (χ2v) is 6.59. The molecule has 2 rings (SSSR count). The van der Waals surface area contributed by atoms with Crippen LogP contribution >= 0.6 is 0 Å². The number of pyridine rings is 1. The molecule has 0 spiro atoms. The number of hydrogen-bond acceptors (Lipinski definition) is 3. The van der Waals surface area contributed by atoms with Crippen LogP contribution in [0.4, 0.5) is 0 Å². The van der Waals surface area contributed by atoms with Gasteiger partial charge in [0.25, 0.3) is 0 Å². The van der Waals surface area contributed by atoms with E-state index >= 15 is 0 Å². The lowest BCUT2D eigenvalue weighted by atomic mass is 9.78. The van der Waals surface area contributed by atoms with Crippen LogP contribution in [0.2, 0.25) is 0 Å².